The van der Waals surface area contributed by atoms with Crippen molar-refractivity contribution in [3.05, 3.63) is 0 Å². The molecule has 0 aliphatic heterocycles. The number of hydrogen-bond donors (Lipinski definition) is 3. The molecule has 0 radical (unpaired) electrons. The van der Waals surface area contributed by atoms with Crippen molar-refractivity contribution in [1.29, 1.82) is 0 Å². The number of amidine groups is 1. The van der Waals surface area contributed by atoms with Gasteiger partial charge in [0.15, 0.2) is 5.84 Å². The number of oxime groups is 1. The summed E-state index contributed by atoms with van der Waals surface area (Å²) in [5.74, 6) is 0.227. The Hall–Kier alpha value is -0.770. The van der Waals surface area contributed by atoms with E-state index in [1.807, 2.05) is 6.92 Å². The monoisotopic (exact) mass is 159 g/mol. The summed E-state index contributed by atoms with van der Waals surface area (Å²) in [6, 6.07) is 0.334. The minimum atomic E-state index is -0.0602. The van der Waals surface area contributed by atoms with Crippen LogP contribution < -0.4 is 11.1 Å². The Morgan fingerprint density at radius 2 is 2.18 bits per heavy atom. The Morgan fingerprint density at radius 1 is 1.64 bits per heavy atom. The molecule has 0 aromatic heterocycles. The quantitative estimate of drug-likeness (QED) is 0.242. The Morgan fingerprint density at radius 3 is 2.55 bits per heavy atom. The number of nitrogens with one attached hydrogen (secondary N) is 1. The molecule has 2 unspecified atom stereocenters. The first-order chi connectivity index (χ1) is 5.11. The molecule has 11 heavy (non-hydrogen) atoms. The standard InChI is InChI=1S/C7H17N3O/c1-4-5(2)9-6(3)7(8)10-11/h5-6,9,11H,4H2,1-3H3,(H2,8,10). The van der Waals surface area contributed by atoms with E-state index in [9.17, 15) is 0 Å². The zero-order valence-corrected chi connectivity index (χ0v) is 7.33. The maximum absolute atomic E-state index is 8.31. The fourth-order valence-electron chi connectivity index (χ4n) is 0.717. The van der Waals surface area contributed by atoms with Gasteiger partial charge < -0.3 is 16.3 Å². The minimum absolute atomic E-state index is 0.0602. The van der Waals surface area contributed by atoms with Crippen LogP contribution in [0.15, 0.2) is 5.16 Å². The molecule has 0 aliphatic carbocycles. The maximum Gasteiger partial charge on any atom is 0.156 e. The lowest BCUT2D eigenvalue weighted by Gasteiger charge is -2.16. The zero-order chi connectivity index (χ0) is 8.85. The summed E-state index contributed by atoms with van der Waals surface area (Å²) in [5, 5.41) is 14.4. The summed E-state index contributed by atoms with van der Waals surface area (Å²) in [7, 11) is 0. The number of hydrogen-bond acceptors (Lipinski definition) is 3. The summed E-state index contributed by atoms with van der Waals surface area (Å²) in [4.78, 5) is 0. The van der Waals surface area contributed by atoms with E-state index in [0.717, 1.165) is 6.42 Å². The molecule has 0 fully saturated rings. The third kappa shape index (κ3) is 3.83. The van der Waals surface area contributed by atoms with Crippen molar-refractivity contribution in [2.45, 2.75) is 39.3 Å². The molecule has 0 heterocycles. The molecule has 4 heteroatoms. The highest BCUT2D eigenvalue weighted by molar-refractivity contribution is 5.84. The van der Waals surface area contributed by atoms with Crippen LogP contribution in [0.2, 0.25) is 0 Å². The summed E-state index contributed by atoms with van der Waals surface area (Å²) < 4.78 is 0. The molecule has 0 bridgehead atoms. The van der Waals surface area contributed by atoms with E-state index >= 15 is 0 Å². The van der Waals surface area contributed by atoms with Gasteiger partial charge in [-0.05, 0) is 20.3 Å². The third-order valence-corrected chi connectivity index (χ3v) is 1.71. The van der Waals surface area contributed by atoms with Crippen LogP contribution in [0.5, 0.6) is 0 Å². The van der Waals surface area contributed by atoms with E-state index in [1.165, 1.54) is 0 Å². The SMILES string of the molecule is CCC(C)NC(C)C(N)=NO. The average molecular weight is 159 g/mol. The van der Waals surface area contributed by atoms with E-state index in [4.69, 9.17) is 10.9 Å². The van der Waals surface area contributed by atoms with Gasteiger partial charge in [-0.3, -0.25) is 0 Å². The second kappa shape index (κ2) is 4.96. The highest BCUT2D eigenvalue weighted by Crippen LogP contribution is 1.91. The van der Waals surface area contributed by atoms with Crippen molar-refractivity contribution < 1.29 is 5.21 Å². The van der Waals surface area contributed by atoms with E-state index in [-0.39, 0.29) is 11.9 Å². The lowest BCUT2D eigenvalue weighted by molar-refractivity contribution is 0.314. The highest BCUT2D eigenvalue weighted by atomic mass is 16.4. The van der Waals surface area contributed by atoms with Crippen molar-refractivity contribution in [2.24, 2.45) is 10.9 Å². The largest absolute Gasteiger partial charge is 0.409 e. The van der Waals surface area contributed by atoms with Crippen LogP contribution in [-0.2, 0) is 0 Å². The fraction of sp³-hybridized carbons (Fsp3) is 0.857. The molecule has 0 aromatic rings. The Labute approximate surface area is 67.5 Å². The summed E-state index contributed by atoms with van der Waals surface area (Å²) in [6.07, 6.45) is 1.03. The predicted octanol–water partition coefficient (Wildman–Crippen LogP) is 0.509. The summed E-state index contributed by atoms with van der Waals surface area (Å²) in [5.41, 5.74) is 5.36. The van der Waals surface area contributed by atoms with Gasteiger partial charge in [0.05, 0.1) is 6.04 Å². The van der Waals surface area contributed by atoms with Gasteiger partial charge >= 0.3 is 0 Å². The molecular formula is C7H17N3O. The first-order valence-corrected chi connectivity index (χ1v) is 3.85. The molecule has 4 N–H and O–H groups in total. The number of nitrogens with zero attached hydrogens (tertiary/aromatic N) is 1. The van der Waals surface area contributed by atoms with E-state index in [1.54, 1.807) is 0 Å². The van der Waals surface area contributed by atoms with E-state index in [0.29, 0.717) is 6.04 Å². The second-order valence-corrected chi connectivity index (χ2v) is 2.72. The molecule has 0 aromatic carbocycles. The van der Waals surface area contributed by atoms with Crippen LogP contribution in [0, 0.1) is 0 Å². The van der Waals surface area contributed by atoms with E-state index in [2.05, 4.69) is 24.3 Å². The smallest absolute Gasteiger partial charge is 0.156 e. The molecule has 66 valence electrons. The van der Waals surface area contributed by atoms with Crippen molar-refractivity contribution >= 4 is 5.84 Å². The van der Waals surface area contributed by atoms with Gasteiger partial charge in [-0.2, -0.15) is 0 Å². The van der Waals surface area contributed by atoms with Crippen LogP contribution in [0.25, 0.3) is 0 Å². The molecule has 0 saturated heterocycles. The van der Waals surface area contributed by atoms with Crippen molar-refractivity contribution in [1.82, 2.24) is 5.32 Å². The van der Waals surface area contributed by atoms with Gasteiger partial charge in [0.2, 0.25) is 0 Å². The van der Waals surface area contributed by atoms with Crippen molar-refractivity contribution in [2.75, 3.05) is 0 Å². The Balaban J connectivity index is 3.77. The predicted molar refractivity (Wildman–Crippen MR) is 45.8 cm³/mol. The minimum Gasteiger partial charge on any atom is -0.409 e. The molecule has 2 atom stereocenters. The van der Waals surface area contributed by atoms with Crippen LogP contribution in [0.4, 0.5) is 0 Å². The first-order valence-electron chi connectivity index (χ1n) is 3.85. The van der Waals surface area contributed by atoms with E-state index < -0.39 is 0 Å². The zero-order valence-electron chi connectivity index (χ0n) is 7.33. The van der Waals surface area contributed by atoms with Gasteiger partial charge in [-0.25, -0.2) is 0 Å². The van der Waals surface area contributed by atoms with Crippen LogP contribution in [0.3, 0.4) is 0 Å². The lowest BCUT2D eigenvalue weighted by Crippen LogP contribution is -2.43. The highest BCUT2D eigenvalue weighted by Gasteiger charge is 2.08. The maximum atomic E-state index is 8.31. The summed E-state index contributed by atoms with van der Waals surface area (Å²) in [6.45, 7) is 6.00. The topological polar surface area (TPSA) is 70.6 Å². The fourth-order valence-corrected chi connectivity index (χ4v) is 0.717. The van der Waals surface area contributed by atoms with Gasteiger partial charge in [0.1, 0.15) is 0 Å². The Bertz CT molecular complexity index is 136. The first kappa shape index (κ1) is 10.2. The van der Waals surface area contributed by atoms with Gasteiger partial charge in [-0.15, -0.1) is 0 Å². The molecule has 0 rings (SSSR count). The van der Waals surface area contributed by atoms with Gasteiger partial charge in [0, 0.05) is 6.04 Å². The van der Waals surface area contributed by atoms with Crippen LogP contribution in [0.1, 0.15) is 27.2 Å². The second-order valence-electron chi connectivity index (χ2n) is 2.72. The summed E-state index contributed by atoms with van der Waals surface area (Å²) >= 11 is 0. The normalized spacial score (nSPS) is 17.9. The van der Waals surface area contributed by atoms with Gasteiger partial charge in [0.25, 0.3) is 0 Å². The molecule has 0 amide bonds. The van der Waals surface area contributed by atoms with Gasteiger partial charge in [-0.1, -0.05) is 12.1 Å². The molecule has 4 nitrogen and oxygen atoms in total. The number of nitrogens with two attached hydrogens (primary N) is 1. The average Bonchev–Trinajstić information content (AvgIpc) is 2.02. The van der Waals surface area contributed by atoms with Crippen LogP contribution >= 0.6 is 0 Å². The Kier molecular flexibility index (Phi) is 4.61. The molecule has 0 saturated carbocycles. The lowest BCUT2D eigenvalue weighted by atomic mass is 10.2. The number of rotatable bonds is 4. The molecule has 0 aliphatic rings. The molecule has 0 spiro atoms. The van der Waals surface area contributed by atoms with Crippen molar-refractivity contribution in [3.8, 4) is 0 Å². The van der Waals surface area contributed by atoms with Crippen LogP contribution in [-0.4, -0.2) is 23.1 Å². The third-order valence-electron chi connectivity index (χ3n) is 1.71. The van der Waals surface area contributed by atoms with Crippen molar-refractivity contribution in [3.63, 3.8) is 0 Å². The molecular weight excluding hydrogens is 142 g/mol.